The third-order valence-corrected chi connectivity index (χ3v) is 6.77. The number of carbonyl (C=O) groups is 2. The van der Waals surface area contributed by atoms with Gasteiger partial charge in [0.25, 0.3) is 0 Å². The van der Waals surface area contributed by atoms with Crippen molar-refractivity contribution in [3.8, 4) is 5.88 Å². The van der Waals surface area contributed by atoms with E-state index < -0.39 is 17.9 Å². The predicted molar refractivity (Wildman–Crippen MR) is 151 cm³/mol. The number of fused-ring (bicyclic) bond motifs is 1. The topological polar surface area (TPSA) is 164 Å². The minimum Gasteiger partial charge on any atom is -0.475 e. The van der Waals surface area contributed by atoms with Crippen LogP contribution in [0.2, 0.25) is 0 Å². The predicted octanol–water partition coefficient (Wildman–Crippen LogP) is 4.58. The Morgan fingerprint density at radius 3 is 2.54 bits per heavy atom. The van der Waals surface area contributed by atoms with Crippen molar-refractivity contribution in [2.45, 2.75) is 52.7 Å². The van der Waals surface area contributed by atoms with Gasteiger partial charge in [0.2, 0.25) is 11.7 Å². The summed E-state index contributed by atoms with van der Waals surface area (Å²) in [6, 6.07) is 9.22. The highest BCUT2D eigenvalue weighted by Gasteiger charge is 2.24. The number of aromatic nitrogens is 4. The van der Waals surface area contributed by atoms with Gasteiger partial charge in [-0.3, -0.25) is 10.7 Å². The number of anilines is 1. The number of ether oxygens (including phenoxy) is 2. The third-order valence-electron chi connectivity index (χ3n) is 6.77. The van der Waals surface area contributed by atoms with Crippen LogP contribution < -0.4 is 15.4 Å². The van der Waals surface area contributed by atoms with Crippen molar-refractivity contribution in [3.63, 3.8) is 0 Å². The van der Waals surface area contributed by atoms with Crippen molar-refractivity contribution >= 4 is 29.4 Å². The van der Waals surface area contributed by atoms with Gasteiger partial charge in [0.1, 0.15) is 23.9 Å². The smallest absolute Gasteiger partial charge is 0.412 e. The van der Waals surface area contributed by atoms with Gasteiger partial charge in [0.05, 0.1) is 12.3 Å². The van der Waals surface area contributed by atoms with Gasteiger partial charge in [-0.15, -0.1) is 0 Å². The molecule has 5 rings (SSSR count). The average molecular weight is 558 g/mol. The van der Waals surface area contributed by atoms with Crippen LogP contribution in [-0.2, 0) is 17.9 Å². The van der Waals surface area contributed by atoms with Crippen LogP contribution in [-0.4, -0.2) is 49.0 Å². The molecule has 3 heterocycles. The summed E-state index contributed by atoms with van der Waals surface area (Å²) in [4.78, 5) is 36.1. The van der Waals surface area contributed by atoms with E-state index in [1.54, 1.807) is 25.1 Å². The Bertz CT molecular complexity index is 1620. The van der Waals surface area contributed by atoms with Crippen LogP contribution in [0.4, 0.5) is 10.6 Å². The summed E-state index contributed by atoms with van der Waals surface area (Å²) >= 11 is 0. The molecular formula is C29H31N7O5. The minimum absolute atomic E-state index is 0.0631. The maximum atomic E-state index is 11.7. The Morgan fingerprint density at radius 1 is 1.10 bits per heavy atom. The highest BCUT2D eigenvalue weighted by molar-refractivity contribution is 6.04. The lowest BCUT2D eigenvalue weighted by atomic mass is 9.98. The van der Waals surface area contributed by atoms with E-state index >= 15 is 0 Å². The van der Waals surface area contributed by atoms with Crippen molar-refractivity contribution in [1.82, 2.24) is 24.7 Å². The van der Waals surface area contributed by atoms with Crippen LogP contribution in [0.25, 0.3) is 5.65 Å². The Labute approximate surface area is 236 Å². The Morgan fingerprint density at radius 2 is 1.85 bits per heavy atom. The molecule has 41 heavy (non-hydrogen) atoms. The molecule has 0 radical (unpaired) electrons. The molecular weight excluding hydrogens is 526 g/mol. The first-order valence-electron chi connectivity index (χ1n) is 13.3. The number of carboxylic acid groups (broad SMARTS) is 1. The summed E-state index contributed by atoms with van der Waals surface area (Å²) in [6.07, 6.45) is 5.75. The second kappa shape index (κ2) is 11.6. The second-order valence-electron chi connectivity index (χ2n) is 9.91. The number of nitrogens with zero attached hydrogens (tertiary/aromatic N) is 4. The quantitative estimate of drug-likeness (QED) is 0.161. The Kier molecular flexibility index (Phi) is 7.81. The van der Waals surface area contributed by atoms with Crippen LogP contribution in [0.5, 0.6) is 5.88 Å². The first kappa shape index (κ1) is 27.6. The average Bonchev–Trinajstić information content (AvgIpc) is 3.70. The van der Waals surface area contributed by atoms with Crippen molar-refractivity contribution < 1.29 is 24.2 Å². The molecule has 0 saturated heterocycles. The lowest BCUT2D eigenvalue weighted by Gasteiger charge is -2.15. The summed E-state index contributed by atoms with van der Waals surface area (Å²) in [5, 5.41) is 23.3. The van der Waals surface area contributed by atoms with E-state index in [0.29, 0.717) is 23.7 Å². The van der Waals surface area contributed by atoms with Crippen LogP contribution in [0, 0.1) is 19.3 Å². The molecule has 1 aliphatic rings. The molecule has 0 bridgehead atoms. The lowest BCUT2D eigenvalue weighted by Crippen LogP contribution is -2.31. The number of imidazole rings is 1. The second-order valence-corrected chi connectivity index (χ2v) is 9.91. The molecule has 12 heteroatoms. The zero-order valence-electron chi connectivity index (χ0n) is 23.0. The number of hydrogen-bond acceptors (Lipinski definition) is 9. The molecule has 0 spiro atoms. The number of nitrogens with one attached hydrogen (secondary N) is 3. The van der Waals surface area contributed by atoms with E-state index in [-0.39, 0.29) is 30.7 Å². The molecule has 212 valence electrons. The first-order valence-corrected chi connectivity index (χ1v) is 13.3. The molecule has 0 unspecified atom stereocenters. The molecule has 4 aromatic rings. The van der Waals surface area contributed by atoms with Gasteiger partial charge in [-0.25, -0.2) is 19.6 Å². The largest absolute Gasteiger partial charge is 0.475 e. The Hall–Kier alpha value is -5.00. The SMILES string of the molecule is CCOC(=O)NC(=N)c1cc(C)c(CNc2cc(OCc3cn4cc(C5CC5)ccc4n3)nc(C(=O)O)n2)c(C)c1. The van der Waals surface area contributed by atoms with E-state index in [2.05, 4.69) is 37.8 Å². The molecule has 1 saturated carbocycles. The zero-order valence-corrected chi connectivity index (χ0v) is 23.0. The normalized spacial score (nSPS) is 12.7. The molecule has 4 N–H and O–H groups in total. The van der Waals surface area contributed by atoms with Crippen molar-refractivity contribution in [2.24, 2.45) is 0 Å². The van der Waals surface area contributed by atoms with Gasteiger partial charge < -0.3 is 24.3 Å². The molecule has 0 aliphatic heterocycles. The molecule has 1 aliphatic carbocycles. The number of carboxylic acids is 1. The number of aromatic carboxylic acids is 1. The van der Waals surface area contributed by atoms with Crippen molar-refractivity contribution in [2.75, 3.05) is 11.9 Å². The fourth-order valence-electron chi connectivity index (χ4n) is 4.56. The van der Waals surface area contributed by atoms with Crippen LogP contribution in [0.3, 0.4) is 0 Å². The van der Waals surface area contributed by atoms with Gasteiger partial charge in [0.15, 0.2) is 0 Å². The summed E-state index contributed by atoms with van der Waals surface area (Å²) in [7, 11) is 0. The third kappa shape index (κ3) is 6.60. The fourth-order valence-corrected chi connectivity index (χ4v) is 4.56. The number of benzene rings is 1. The number of pyridine rings is 1. The Balaban J connectivity index is 1.28. The zero-order chi connectivity index (χ0) is 29.1. The standard InChI is InChI=1S/C29H31N7O5/c1-4-40-29(39)35-26(30)20-9-16(2)22(17(3)10-20)12-31-23-11-25(34-27(33-23)28(37)38)41-15-21-14-36-13-19(18-5-6-18)7-8-24(36)32-21/h7-11,13-14,18H,4-6,12,15H2,1-3H3,(H,37,38)(H2,30,35,39)(H,31,33,34). The van der Waals surface area contributed by atoms with E-state index in [9.17, 15) is 14.7 Å². The van der Waals surface area contributed by atoms with Gasteiger partial charge in [-0.05, 0) is 80.0 Å². The molecule has 12 nitrogen and oxygen atoms in total. The lowest BCUT2D eigenvalue weighted by molar-refractivity contribution is 0.0682. The number of alkyl carbamates (subject to hydrolysis) is 1. The number of aryl methyl sites for hydroxylation is 2. The number of rotatable bonds is 10. The summed E-state index contributed by atoms with van der Waals surface area (Å²) in [6.45, 7) is 6.14. The van der Waals surface area contributed by atoms with Crippen LogP contribution in [0.15, 0.2) is 42.7 Å². The maximum Gasteiger partial charge on any atom is 0.412 e. The van der Waals surface area contributed by atoms with Gasteiger partial charge in [-0.2, -0.15) is 4.98 Å². The number of amidine groups is 1. The number of amides is 1. The van der Waals surface area contributed by atoms with Crippen molar-refractivity contribution in [3.05, 3.63) is 82.1 Å². The van der Waals surface area contributed by atoms with Gasteiger partial charge >= 0.3 is 12.1 Å². The van der Waals surface area contributed by atoms with Gasteiger partial charge in [0, 0.05) is 30.6 Å². The summed E-state index contributed by atoms with van der Waals surface area (Å²) in [5.41, 5.74) is 6.04. The fraction of sp³-hybridized carbons (Fsp3) is 0.310. The van der Waals surface area contributed by atoms with Crippen molar-refractivity contribution in [1.29, 1.82) is 5.41 Å². The highest BCUT2D eigenvalue weighted by atomic mass is 16.5. The minimum atomic E-state index is -1.27. The number of carbonyl (C=O) groups excluding carboxylic acids is 1. The highest BCUT2D eigenvalue weighted by Crippen LogP contribution is 2.39. The van der Waals surface area contributed by atoms with Crippen LogP contribution >= 0.6 is 0 Å². The van der Waals surface area contributed by atoms with E-state index in [1.165, 1.54) is 18.4 Å². The monoisotopic (exact) mass is 557 g/mol. The molecule has 3 aromatic heterocycles. The first-order chi connectivity index (χ1) is 19.7. The maximum absolute atomic E-state index is 11.7. The summed E-state index contributed by atoms with van der Waals surface area (Å²) < 4.78 is 12.7. The van der Waals surface area contributed by atoms with Crippen LogP contribution in [0.1, 0.15) is 69.8 Å². The molecule has 0 atom stereocenters. The van der Waals surface area contributed by atoms with E-state index in [0.717, 1.165) is 22.3 Å². The van der Waals surface area contributed by atoms with Gasteiger partial charge in [-0.1, -0.05) is 6.07 Å². The molecule has 1 fully saturated rings. The van der Waals surface area contributed by atoms with E-state index in [1.807, 2.05) is 30.5 Å². The molecule has 1 aromatic carbocycles. The number of hydrogen-bond donors (Lipinski definition) is 4. The molecule has 1 amide bonds. The van der Waals surface area contributed by atoms with E-state index in [4.69, 9.17) is 14.9 Å². The summed E-state index contributed by atoms with van der Waals surface area (Å²) in [5.74, 6) is -0.699.